The molecule has 0 aromatic carbocycles. The molecule has 2 amide bonds. The van der Waals surface area contributed by atoms with Gasteiger partial charge in [-0.2, -0.15) is 0 Å². The van der Waals surface area contributed by atoms with Crippen LogP contribution in [0.15, 0.2) is 24.5 Å². The number of carbonyl (C=O) groups is 1. The van der Waals surface area contributed by atoms with E-state index < -0.39 is 0 Å². The highest BCUT2D eigenvalue weighted by Gasteiger charge is 2.16. The molecule has 20 heavy (non-hydrogen) atoms. The molecule has 1 rings (SSSR count). The lowest BCUT2D eigenvalue weighted by molar-refractivity contribution is 0.145. The number of amides is 2. The van der Waals surface area contributed by atoms with Gasteiger partial charge in [0.05, 0.1) is 12.6 Å². The van der Waals surface area contributed by atoms with Crippen LogP contribution < -0.4 is 5.32 Å². The Balaban J connectivity index is 2.68. The van der Waals surface area contributed by atoms with E-state index in [-0.39, 0.29) is 12.1 Å². The second-order valence-corrected chi connectivity index (χ2v) is 4.35. The van der Waals surface area contributed by atoms with Gasteiger partial charge in [-0.3, -0.25) is 4.98 Å². The Morgan fingerprint density at radius 3 is 3.00 bits per heavy atom. The standard InChI is InChI=1S/C15H21N3O2/c1-4-14(5-2)17-15(19)18(9-10-20-3)12-13-7-6-8-16-11-13/h1,6-8,11,14H,5,9-10,12H2,2-3H3,(H,17,19). The van der Waals surface area contributed by atoms with Gasteiger partial charge in [-0.25, -0.2) is 4.79 Å². The Hall–Kier alpha value is -2.06. The number of ether oxygens (including phenoxy) is 1. The molecule has 0 fully saturated rings. The van der Waals surface area contributed by atoms with Gasteiger partial charge in [-0.05, 0) is 18.1 Å². The maximum atomic E-state index is 12.2. The number of carbonyl (C=O) groups excluding carboxylic acids is 1. The van der Waals surface area contributed by atoms with Crippen molar-refractivity contribution in [3.8, 4) is 12.3 Å². The van der Waals surface area contributed by atoms with E-state index in [0.717, 1.165) is 5.56 Å². The van der Waals surface area contributed by atoms with Crippen molar-refractivity contribution in [3.05, 3.63) is 30.1 Å². The number of urea groups is 1. The highest BCUT2D eigenvalue weighted by atomic mass is 16.5. The molecule has 0 aliphatic carbocycles. The Morgan fingerprint density at radius 1 is 1.65 bits per heavy atom. The van der Waals surface area contributed by atoms with Gasteiger partial charge in [0.2, 0.25) is 0 Å². The van der Waals surface area contributed by atoms with Gasteiger partial charge in [0.1, 0.15) is 0 Å². The van der Waals surface area contributed by atoms with Crippen LogP contribution in [0, 0.1) is 12.3 Å². The number of methoxy groups -OCH3 is 1. The fraction of sp³-hybridized carbons (Fsp3) is 0.467. The first-order valence-corrected chi connectivity index (χ1v) is 6.60. The Bertz CT molecular complexity index is 442. The van der Waals surface area contributed by atoms with Crippen molar-refractivity contribution in [1.29, 1.82) is 0 Å². The van der Waals surface area contributed by atoms with E-state index in [4.69, 9.17) is 11.2 Å². The Morgan fingerprint density at radius 2 is 2.45 bits per heavy atom. The molecule has 1 aromatic rings. The number of terminal acetylenes is 1. The van der Waals surface area contributed by atoms with Crippen LogP contribution in [0.2, 0.25) is 0 Å². The molecule has 1 atom stereocenters. The summed E-state index contributed by atoms with van der Waals surface area (Å²) in [6, 6.07) is 3.34. The number of hydrogen-bond acceptors (Lipinski definition) is 3. The van der Waals surface area contributed by atoms with E-state index in [0.29, 0.717) is 26.1 Å². The highest BCUT2D eigenvalue weighted by molar-refractivity contribution is 5.75. The lowest BCUT2D eigenvalue weighted by Gasteiger charge is -2.24. The summed E-state index contributed by atoms with van der Waals surface area (Å²) in [6.45, 7) is 3.38. The third-order valence-electron chi connectivity index (χ3n) is 2.86. The summed E-state index contributed by atoms with van der Waals surface area (Å²) in [5, 5.41) is 2.82. The van der Waals surface area contributed by atoms with Crippen molar-refractivity contribution in [3.63, 3.8) is 0 Å². The van der Waals surface area contributed by atoms with E-state index >= 15 is 0 Å². The van der Waals surface area contributed by atoms with Gasteiger partial charge in [0, 0.05) is 32.6 Å². The lowest BCUT2D eigenvalue weighted by atomic mass is 10.2. The molecular weight excluding hydrogens is 254 g/mol. The molecule has 1 N–H and O–H groups in total. The highest BCUT2D eigenvalue weighted by Crippen LogP contribution is 2.04. The largest absolute Gasteiger partial charge is 0.383 e. The normalized spacial score (nSPS) is 11.4. The molecule has 1 heterocycles. The summed E-state index contributed by atoms with van der Waals surface area (Å²) >= 11 is 0. The van der Waals surface area contributed by atoms with Gasteiger partial charge < -0.3 is 15.0 Å². The molecule has 0 saturated carbocycles. The fourth-order valence-corrected chi connectivity index (χ4v) is 1.67. The van der Waals surface area contributed by atoms with Gasteiger partial charge in [-0.15, -0.1) is 6.42 Å². The summed E-state index contributed by atoms with van der Waals surface area (Å²) in [6.07, 6.45) is 9.51. The first-order chi connectivity index (χ1) is 9.71. The number of nitrogens with zero attached hydrogens (tertiary/aromatic N) is 2. The topological polar surface area (TPSA) is 54.5 Å². The quantitative estimate of drug-likeness (QED) is 0.770. The van der Waals surface area contributed by atoms with Gasteiger partial charge in [-0.1, -0.05) is 18.9 Å². The summed E-state index contributed by atoms with van der Waals surface area (Å²) < 4.78 is 5.04. The van der Waals surface area contributed by atoms with Crippen LogP contribution in [0.4, 0.5) is 4.79 Å². The van der Waals surface area contributed by atoms with Gasteiger partial charge in [0.25, 0.3) is 0 Å². The first-order valence-electron chi connectivity index (χ1n) is 6.60. The second kappa shape index (κ2) is 8.94. The molecule has 0 spiro atoms. The minimum Gasteiger partial charge on any atom is -0.383 e. The molecule has 1 unspecified atom stereocenters. The molecule has 0 aliphatic rings. The monoisotopic (exact) mass is 275 g/mol. The van der Waals surface area contributed by atoms with E-state index in [1.54, 1.807) is 24.4 Å². The van der Waals surface area contributed by atoms with Gasteiger partial charge >= 0.3 is 6.03 Å². The first kappa shape index (κ1) is 16.0. The molecule has 5 heteroatoms. The zero-order valence-corrected chi connectivity index (χ0v) is 12.0. The van der Waals surface area contributed by atoms with Crippen LogP contribution in [-0.4, -0.2) is 42.2 Å². The number of hydrogen-bond donors (Lipinski definition) is 1. The number of rotatable bonds is 7. The number of pyridine rings is 1. The van der Waals surface area contributed by atoms with Crippen molar-refractivity contribution in [1.82, 2.24) is 15.2 Å². The number of aromatic nitrogens is 1. The van der Waals surface area contributed by atoms with Crippen LogP contribution in [0.5, 0.6) is 0 Å². The fourth-order valence-electron chi connectivity index (χ4n) is 1.67. The maximum absolute atomic E-state index is 12.2. The zero-order valence-electron chi connectivity index (χ0n) is 12.0. The zero-order chi connectivity index (χ0) is 14.8. The van der Waals surface area contributed by atoms with Crippen molar-refractivity contribution >= 4 is 6.03 Å². The maximum Gasteiger partial charge on any atom is 0.318 e. The Kier molecular flexibility index (Phi) is 7.15. The molecule has 5 nitrogen and oxygen atoms in total. The molecule has 0 saturated heterocycles. The Labute approximate surface area is 120 Å². The predicted octanol–water partition coefficient (Wildman–Crippen LogP) is 1.65. The molecule has 1 aromatic heterocycles. The van der Waals surface area contributed by atoms with Crippen LogP contribution in [-0.2, 0) is 11.3 Å². The lowest BCUT2D eigenvalue weighted by Crippen LogP contribution is -2.45. The third-order valence-corrected chi connectivity index (χ3v) is 2.86. The summed E-state index contributed by atoms with van der Waals surface area (Å²) in [5.41, 5.74) is 0.965. The smallest absolute Gasteiger partial charge is 0.318 e. The van der Waals surface area contributed by atoms with Crippen LogP contribution in [0.3, 0.4) is 0 Å². The molecular formula is C15H21N3O2. The molecule has 0 aliphatic heterocycles. The minimum absolute atomic E-state index is 0.185. The van der Waals surface area contributed by atoms with Crippen molar-refractivity contribution in [2.75, 3.05) is 20.3 Å². The van der Waals surface area contributed by atoms with Crippen molar-refractivity contribution < 1.29 is 9.53 Å². The van der Waals surface area contributed by atoms with E-state index in [1.165, 1.54) is 0 Å². The summed E-state index contributed by atoms with van der Waals surface area (Å²) in [7, 11) is 1.61. The third kappa shape index (κ3) is 5.29. The van der Waals surface area contributed by atoms with Crippen molar-refractivity contribution in [2.24, 2.45) is 0 Å². The predicted molar refractivity (Wildman–Crippen MR) is 78.0 cm³/mol. The van der Waals surface area contributed by atoms with E-state index in [2.05, 4.69) is 16.2 Å². The minimum atomic E-state index is -0.249. The SMILES string of the molecule is C#CC(CC)NC(=O)N(CCOC)Cc1cccnc1. The van der Waals surface area contributed by atoms with E-state index in [1.807, 2.05) is 19.1 Å². The van der Waals surface area contributed by atoms with Crippen LogP contribution in [0.1, 0.15) is 18.9 Å². The molecule has 108 valence electrons. The van der Waals surface area contributed by atoms with Crippen LogP contribution in [0.25, 0.3) is 0 Å². The van der Waals surface area contributed by atoms with Gasteiger partial charge in [0.15, 0.2) is 0 Å². The molecule has 0 bridgehead atoms. The average Bonchev–Trinajstić information content (AvgIpc) is 2.49. The summed E-state index contributed by atoms with van der Waals surface area (Å²) in [5.74, 6) is 2.56. The second-order valence-electron chi connectivity index (χ2n) is 4.35. The number of nitrogens with one attached hydrogen (secondary N) is 1. The molecule has 0 radical (unpaired) electrons. The van der Waals surface area contributed by atoms with Crippen molar-refractivity contribution in [2.45, 2.75) is 25.9 Å². The summed E-state index contributed by atoms with van der Waals surface area (Å²) in [4.78, 5) is 17.9. The van der Waals surface area contributed by atoms with Crippen LogP contribution >= 0.6 is 0 Å². The van der Waals surface area contributed by atoms with E-state index in [9.17, 15) is 4.79 Å². The average molecular weight is 275 g/mol.